The second kappa shape index (κ2) is 3.50. The molecule has 4 heteroatoms. The normalized spacial score (nSPS) is 11.1. The van der Waals surface area contributed by atoms with Gasteiger partial charge in [0.1, 0.15) is 5.58 Å². The second-order valence-electron chi connectivity index (χ2n) is 3.54. The van der Waals surface area contributed by atoms with Gasteiger partial charge in [0, 0.05) is 18.0 Å². The largest absolute Gasteiger partial charge is 0.453 e. The van der Waals surface area contributed by atoms with E-state index in [-0.39, 0.29) is 0 Å². The van der Waals surface area contributed by atoms with Crippen LogP contribution in [0.25, 0.3) is 22.5 Å². The Kier molecular flexibility index (Phi) is 2.01. The average Bonchev–Trinajstić information content (AvgIpc) is 2.95. The molecule has 2 N–H and O–H groups in total. The number of furan rings is 1. The Balaban J connectivity index is 2.11. The van der Waals surface area contributed by atoms with E-state index in [4.69, 9.17) is 14.7 Å². The number of benzene rings is 1. The summed E-state index contributed by atoms with van der Waals surface area (Å²) >= 11 is 0. The summed E-state index contributed by atoms with van der Waals surface area (Å²) in [5, 5.41) is 4.87. The summed E-state index contributed by atoms with van der Waals surface area (Å²) in [6, 6.07) is 11.5. The van der Waals surface area contributed by atoms with Gasteiger partial charge in [0.15, 0.2) is 5.76 Å². The summed E-state index contributed by atoms with van der Waals surface area (Å²) < 4.78 is 10.8. The predicted molar refractivity (Wildman–Crippen MR) is 59.6 cm³/mol. The van der Waals surface area contributed by atoms with E-state index < -0.39 is 0 Å². The lowest BCUT2D eigenvalue weighted by molar-refractivity contribution is 0.413. The molecule has 2 heterocycles. The molecule has 80 valence electrons. The zero-order valence-electron chi connectivity index (χ0n) is 8.51. The maximum atomic E-state index is 5.64. The molecule has 4 nitrogen and oxygen atoms in total. The summed E-state index contributed by atoms with van der Waals surface area (Å²) in [5.74, 6) is 1.28. The van der Waals surface area contributed by atoms with Gasteiger partial charge in [0.2, 0.25) is 5.76 Å². The van der Waals surface area contributed by atoms with E-state index in [1.165, 1.54) is 0 Å². The molecule has 0 aliphatic carbocycles. The van der Waals surface area contributed by atoms with E-state index in [9.17, 15) is 0 Å². The zero-order valence-corrected chi connectivity index (χ0v) is 8.51. The molecular formula is C12H10N2O2. The first-order valence-corrected chi connectivity index (χ1v) is 5.01. The third kappa shape index (κ3) is 1.40. The van der Waals surface area contributed by atoms with E-state index in [0.717, 1.165) is 16.7 Å². The molecule has 0 saturated heterocycles. The monoisotopic (exact) mass is 214 g/mol. The molecule has 0 atom stereocenters. The molecule has 1 aromatic carbocycles. The van der Waals surface area contributed by atoms with Gasteiger partial charge in [0.25, 0.3) is 0 Å². The average molecular weight is 214 g/mol. The van der Waals surface area contributed by atoms with Crippen molar-refractivity contribution in [3.05, 3.63) is 42.1 Å². The summed E-state index contributed by atoms with van der Waals surface area (Å²) in [7, 11) is 0. The number of aromatic nitrogens is 1. The molecule has 0 spiro atoms. The molecule has 0 radical (unpaired) electrons. The standard InChI is InChI=1S/C12H10N2O2/c13-7-9-6-12(16-14-9)11-5-8-3-1-2-4-10(8)15-11/h1-6H,7,13H2. The van der Waals surface area contributed by atoms with E-state index in [0.29, 0.717) is 18.1 Å². The first-order chi connectivity index (χ1) is 7.86. The quantitative estimate of drug-likeness (QED) is 0.711. The van der Waals surface area contributed by atoms with Crippen molar-refractivity contribution < 1.29 is 8.94 Å². The molecule has 0 bridgehead atoms. The van der Waals surface area contributed by atoms with Gasteiger partial charge < -0.3 is 14.7 Å². The van der Waals surface area contributed by atoms with Crippen LogP contribution < -0.4 is 5.73 Å². The Morgan fingerprint density at radius 1 is 1.12 bits per heavy atom. The van der Waals surface area contributed by atoms with E-state index >= 15 is 0 Å². The van der Waals surface area contributed by atoms with Gasteiger partial charge in [-0.25, -0.2) is 0 Å². The molecule has 3 rings (SSSR count). The lowest BCUT2D eigenvalue weighted by atomic mass is 10.2. The van der Waals surface area contributed by atoms with Crippen molar-refractivity contribution >= 4 is 11.0 Å². The van der Waals surface area contributed by atoms with Crippen molar-refractivity contribution in [2.24, 2.45) is 5.73 Å². The van der Waals surface area contributed by atoms with Crippen LogP contribution in [0.3, 0.4) is 0 Å². The van der Waals surface area contributed by atoms with Crippen LogP contribution in [0.15, 0.2) is 45.3 Å². The third-order valence-electron chi connectivity index (χ3n) is 2.44. The highest BCUT2D eigenvalue weighted by Crippen LogP contribution is 2.27. The third-order valence-corrected chi connectivity index (χ3v) is 2.44. The van der Waals surface area contributed by atoms with Gasteiger partial charge >= 0.3 is 0 Å². The summed E-state index contributed by atoms with van der Waals surface area (Å²) in [6.07, 6.45) is 0. The smallest absolute Gasteiger partial charge is 0.202 e. The minimum absolute atomic E-state index is 0.365. The molecular weight excluding hydrogens is 204 g/mol. The lowest BCUT2D eigenvalue weighted by Crippen LogP contribution is -1.94. The highest BCUT2D eigenvalue weighted by atomic mass is 16.5. The minimum Gasteiger partial charge on any atom is -0.453 e. The number of hydrogen-bond donors (Lipinski definition) is 1. The van der Waals surface area contributed by atoms with Crippen LogP contribution in [0.5, 0.6) is 0 Å². The summed E-state index contributed by atoms with van der Waals surface area (Å²) in [4.78, 5) is 0. The number of para-hydroxylation sites is 1. The van der Waals surface area contributed by atoms with Crippen LogP contribution in [-0.4, -0.2) is 5.16 Å². The number of nitrogens with zero attached hydrogens (tertiary/aromatic N) is 1. The second-order valence-corrected chi connectivity index (χ2v) is 3.54. The van der Waals surface area contributed by atoms with Gasteiger partial charge in [-0.2, -0.15) is 0 Å². The van der Waals surface area contributed by atoms with E-state index in [2.05, 4.69) is 5.16 Å². The highest BCUT2D eigenvalue weighted by Gasteiger charge is 2.10. The molecule has 0 fully saturated rings. The van der Waals surface area contributed by atoms with Crippen molar-refractivity contribution in [3.8, 4) is 11.5 Å². The van der Waals surface area contributed by atoms with Crippen LogP contribution in [0.4, 0.5) is 0 Å². The molecule has 0 amide bonds. The van der Waals surface area contributed by atoms with Crippen LogP contribution in [0.1, 0.15) is 5.69 Å². The number of nitrogens with two attached hydrogens (primary N) is 1. The van der Waals surface area contributed by atoms with Crippen LogP contribution >= 0.6 is 0 Å². The van der Waals surface area contributed by atoms with Crippen molar-refractivity contribution in [3.63, 3.8) is 0 Å². The minimum atomic E-state index is 0.365. The van der Waals surface area contributed by atoms with Gasteiger partial charge in [-0.05, 0) is 12.1 Å². The Morgan fingerprint density at radius 2 is 2.00 bits per heavy atom. The van der Waals surface area contributed by atoms with E-state index in [1.54, 1.807) is 6.07 Å². The Bertz CT molecular complexity index is 592. The number of fused-ring (bicyclic) bond motifs is 1. The Hall–Kier alpha value is -2.07. The fourth-order valence-electron chi connectivity index (χ4n) is 1.63. The SMILES string of the molecule is NCc1cc(-c2cc3ccccc3o2)on1. The van der Waals surface area contributed by atoms with Crippen LogP contribution in [0.2, 0.25) is 0 Å². The fraction of sp³-hybridized carbons (Fsp3) is 0.0833. The zero-order chi connectivity index (χ0) is 11.0. The van der Waals surface area contributed by atoms with Gasteiger partial charge in [-0.3, -0.25) is 0 Å². The maximum Gasteiger partial charge on any atom is 0.202 e. The fourth-order valence-corrected chi connectivity index (χ4v) is 1.63. The first kappa shape index (κ1) is 9.18. The maximum absolute atomic E-state index is 5.64. The molecule has 0 saturated carbocycles. The topological polar surface area (TPSA) is 65.2 Å². The molecule has 2 aromatic heterocycles. The van der Waals surface area contributed by atoms with Crippen LogP contribution in [-0.2, 0) is 6.54 Å². The Labute approximate surface area is 91.6 Å². The Morgan fingerprint density at radius 3 is 2.75 bits per heavy atom. The highest BCUT2D eigenvalue weighted by molar-refractivity contribution is 5.81. The number of rotatable bonds is 2. The lowest BCUT2D eigenvalue weighted by Gasteiger charge is -1.85. The van der Waals surface area contributed by atoms with Gasteiger partial charge in [-0.1, -0.05) is 23.4 Å². The predicted octanol–water partition coefficient (Wildman–Crippen LogP) is 2.55. The molecule has 0 aliphatic rings. The molecule has 3 aromatic rings. The van der Waals surface area contributed by atoms with E-state index in [1.807, 2.05) is 30.3 Å². The first-order valence-electron chi connectivity index (χ1n) is 5.01. The van der Waals surface area contributed by atoms with Crippen molar-refractivity contribution in [1.29, 1.82) is 0 Å². The van der Waals surface area contributed by atoms with Gasteiger partial charge in [0.05, 0.1) is 5.69 Å². The summed E-state index contributed by atoms with van der Waals surface area (Å²) in [5.41, 5.74) is 7.02. The molecule has 16 heavy (non-hydrogen) atoms. The van der Waals surface area contributed by atoms with Crippen LogP contribution in [0, 0.1) is 0 Å². The number of hydrogen-bond acceptors (Lipinski definition) is 4. The molecule has 0 unspecified atom stereocenters. The van der Waals surface area contributed by atoms with Crippen molar-refractivity contribution in [1.82, 2.24) is 5.16 Å². The van der Waals surface area contributed by atoms with Gasteiger partial charge in [-0.15, -0.1) is 0 Å². The summed E-state index contributed by atoms with van der Waals surface area (Å²) in [6.45, 7) is 0.365. The molecule has 0 aliphatic heterocycles. The van der Waals surface area contributed by atoms with Crippen molar-refractivity contribution in [2.45, 2.75) is 6.54 Å². The van der Waals surface area contributed by atoms with Crippen molar-refractivity contribution in [2.75, 3.05) is 0 Å².